The molecule has 0 aliphatic heterocycles. The number of carbonyl (C=O) groups is 2. The SMILES string of the molecule is COC(=O)C1(NC(=O)c2ccc(Cl)cc2)CCCC1. The van der Waals surface area contributed by atoms with Crippen LogP contribution < -0.4 is 5.32 Å². The predicted octanol–water partition coefficient (Wildman–Crippen LogP) is 2.56. The molecule has 0 radical (unpaired) electrons. The van der Waals surface area contributed by atoms with Crippen molar-refractivity contribution in [3.63, 3.8) is 0 Å². The van der Waals surface area contributed by atoms with Crippen molar-refractivity contribution in [2.45, 2.75) is 31.2 Å². The lowest BCUT2D eigenvalue weighted by Gasteiger charge is -2.27. The lowest BCUT2D eigenvalue weighted by atomic mass is 9.97. The minimum Gasteiger partial charge on any atom is -0.467 e. The first kappa shape index (κ1) is 13.9. The monoisotopic (exact) mass is 281 g/mol. The van der Waals surface area contributed by atoms with Crippen molar-refractivity contribution >= 4 is 23.5 Å². The molecule has 0 bridgehead atoms. The van der Waals surface area contributed by atoms with Crippen LogP contribution in [0.25, 0.3) is 0 Å². The van der Waals surface area contributed by atoms with Gasteiger partial charge in [0.25, 0.3) is 5.91 Å². The lowest BCUT2D eigenvalue weighted by molar-refractivity contribution is -0.148. The Kier molecular flexibility index (Phi) is 4.10. The third kappa shape index (κ3) is 2.89. The van der Waals surface area contributed by atoms with E-state index in [4.69, 9.17) is 16.3 Å². The molecule has 1 aliphatic rings. The maximum Gasteiger partial charge on any atom is 0.331 e. The van der Waals surface area contributed by atoms with E-state index in [0.717, 1.165) is 12.8 Å². The number of hydrogen-bond acceptors (Lipinski definition) is 3. The van der Waals surface area contributed by atoms with Crippen molar-refractivity contribution in [1.29, 1.82) is 0 Å². The number of nitrogens with one attached hydrogen (secondary N) is 1. The number of rotatable bonds is 3. The Bertz CT molecular complexity index is 478. The molecule has 5 heteroatoms. The first-order valence-electron chi connectivity index (χ1n) is 6.24. The average Bonchev–Trinajstić information content (AvgIpc) is 2.88. The van der Waals surface area contributed by atoms with Gasteiger partial charge in [-0.3, -0.25) is 4.79 Å². The fraction of sp³-hybridized carbons (Fsp3) is 0.429. The zero-order chi connectivity index (χ0) is 13.9. The second-order valence-corrected chi connectivity index (χ2v) is 5.18. The van der Waals surface area contributed by atoms with E-state index in [2.05, 4.69) is 5.32 Å². The Morgan fingerprint density at radius 3 is 2.32 bits per heavy atom. The maximum absolute atomic E-state index is 12.2. The first-order valence-corrected chi connectivity index (χ1v) is 6.62. The van der Waals surface area contributed by atoms with Crippen molar-refractivity contribution in [2.24, 2.45) is 0 Å². The Labute approximate surface area is 117 Å². The van der Waals surface area contributed by atoms with Gasteiger partial charge in [0.05, 0.1) is 7.11 Å². The average molecular weight is 282 g/mol. The number of carbonyl (C=O) groups excluding carboxylic acids is 2. The summed E-state index contributed by atoms with van der Waals surface area (Å²) in [4.78, 5) is 24.1. The van der Waals surface area contributed by atoms with Gasteiger partial charge in [0, 0.05) is 10.6 Å². The van der Waals surface area contributed by atoms with Crippen LogP contribution in [-0.4, -0.2) is 24.5 Å². The highest BCUT2D eigenvalue weighted by molar-refractivity contribution is 6.30. The summed E-state index contributed by atoms with van der Waals surface area (Å²) in [6, 6.07) is 6.57. The topological polar surface area (TPSA) is 55.4 Å². The molecule has 4 nitrogen and oxygen atoms in total. The van der Waals surface area contributed by atoms with Crippen LogP contribution in [0.3, 0.4) is 0 Å². The number of methoxy groups -OCH3 is 1. The zero-order valence-corrected chi connectivity index (χ0v) is 11.5. The second-order valence-electron chi connectivity index (χ2n) is 4.74. The highest BCUT2D eigenvalue weighted by atomic mass is 35.5. The summed E-state index contributed by atoms with van der Waals surface area (Å²) in [6.45, 7) is 0. The molecule has 1 aliphatic carbocycles. The fourth-order valence-electron chi connectivity index (χ4n) is 2.44. The van der Waals surface area contributed by atoms with Gasteiger partial charge in [0.1, 0.15) is 5.54 Å². The molecule has 2 rings (SSSR count). The van der Waals surface area contributed by atoms with Crippen LogP contribution in [0.2, 0.25) is 5.02 Å². The van der Waals surface area contributed by atoms with Crippen molar-refractivity contribution in [2.75, 3.05) is 7.11 Å². The van der Waals surface area contributed by atoms with Crippen molar-refractivity contribution < 1.29 is 14.3 Å². The zero-order valence-electron chi connectivity index (χ0n) is 10.7. The maximum atomic E-state index is 12.2. The molecule has 1 aromatic carbocycles. The van der Waals surface area contributed by atoms with E-state index in [0.29, 0.717) is 23.4 Å². The molecule has 0 saturated heterocycles. The largest absolute Gasteiger partial charge is 0.467 e. The van der Waals surface area contributed by atoms with Gasteiger partial charge in [-0.25, -0.2) is 4.79 Å². The van der Waals surface area contributed by atoms with E-state index in [1.165, 1.54) is 7.11 Å². The summed E-state index contributed by atoms with van der Waals surface area (Å²) in [5.41, 5.74) is -0.384. The van der Waals surface area contributed by atoms with Gasteiger partial charge < -0.3 is 10.1 Å². The van der Waals surface area contributed by atoms with Crippen LogP contribution >= 0.6 is 11.6 Å². The highest BCUT2D eigenvalue weighted by Crippen LogP contribution is 2.31. The second kappa shape index (κ2) is 5.61. The van der Waals surface area contributed by atoms with Crippen LogP contribution in [0.5, 0.6) is 0 Å². The molecule has 0 spiro atoms. The molecule has 0 unspecified atom stereocenters. The molecule has 0 heterocycles. The minimum atomic E-state index is -0.870. The summed E-state index contributed by atoms with van der Waals surface area (Å²) in [6.07, 6.45) is 3.07. The van der Waals surface area contributed by atoms with E-state index < -0.39 is 5.54 Å². The van der Waals surface area contributed by atoms with Gasteiger partial charge >= 0.3 is 5.97 Å². The van der Waals surface area contributed by atoms with E-state index >= 15 is 0 Å². The third-order valence-corrected chi connectivity index (χ3v) is 3.74. The van der Waals surface area contributed by atoms with Crippen LogP contribution in [0.1, 0.15) is 36.0 Å². The molecule has 1 aromatic rings. The third-order valence-electron chi connectivity index (χ3n) is 3.49. The number of amides is 1. The van der Waals surface area contributed by atoms with Gasteiger partial charge in [-0.05, 0) is 37.1 Å². The Hall–Kier alpha value is -1.55. The number of esters is 1. The van der Waals surface area contributed by atoms with Crippen molar-refractivity contribution in [3.05, 3.63) is 34.9 Å². The minimum absolute atomic E-state index is 0.274. The molecule has 1 fully saturated rings. The van der Waals surface area contributed by atoms with Gasteiger partial charge in [-0.15, -0.1) is 0 Å². The molecular formula is C14H16ClNO3. The van der Waals surface area contributed by atoms with Crippen molar-refractivity contribution in [3.8, 4) is 0 Å². The molecule has 0 atom stereocenters. The van der Waals surface area contributed by atoms with Crippen molar-refractivity contribution in [1.82, 2.24) is 5.32 Å². The predicted molar refractivity (Wildman–Crippen MR) is 72.1 cm³/mol. The van der Waals surface area contributed by atoms with Gasteiger partial charge in [-0.1, -0.05) is 24.4 Å². The van der Waals surface area contributed by atoms with Crippen LogP contribution in [0, 0.1) is 0 Å². The summed E-state index contributed by atoms with van der Waals surface area (Å²) in [5.74, 6) is -0.642. The number of hydrogen-bond donors (Lipinski definition) is 1. The van der Waals surface area contributed by atoms with Gasteiger partial charge in [-0.2, -0.15) is 0 Å². The van der Waals surface area contributed by atoms with E-state index in [9.17, 15) is 9.59 Å². The van der Waals surface area contributed by atoms with Gasteiger partial charge in [0.15, 0.2) is 0 Å². The first-order chi connectivity index (χ1) is 9.07. The summed E-state index contributed by atoms with van der Waals surface area (Å²) in [7, 11) is 1.34. The Morgan fingerprint density at radius 1 is 1.21 bits per heavy atom. The fourth-order valence-corrected chi connectivity index (χ4v) is 2.57. The molecule has 1 saturated carbocycles. The molecule has 19 heavy (non-hydrogen) atoms. The molecule has 102 valence electrons. The van der Waals surface area contributed by atoms with Crippen LogP contribution in [0.15, 0.2) is 24.3 Å². The number of halogens is 1. The molecule has 1 amide bonds. The van der Waals surface area contributed by atoms with E-state index in [1.807, 2.05) is 0 Å². The summed E-state index contributed by atoms with van der Waals surface area (Å²) >= 11 is 5.78. The normalized spacial score (nSPS) is 16.9. The summed E-state index contributed by atoms with van der Waals surface area (Å²) in [5, 5.41) is 3.39. The summed E-state index contributed by atoms with van der Waals surface area (Å²) < 4.78 is 4.82. The lowest BCUT2D eigenvalue weighted by Crippen LogP contribution is -2.53. The standard InChI is InChI=1S/C14H16ClNO3/c1-19-13(18)14(8-2-3-9-14)16-12(17)10-4-6-11(15)7-5-10/h4-7H,2-3,8-9H2,1H3,(H,16,17). The number of ether oxygens (including phenoxy) is 1. The van der Waals surface area contributed by atoms with Crippen LogP contribution in [-0.2, 0) is 9.53 Å². The molecule has 1 N–H and O–H groups in total. The van der Waals surface area contributed by atoms with E-state index in [1.54, 1.807) is 24.3 Å². The molecule has 0 aromatic heterocycles. The highest BCUT2D eigenvalue weighted by Gasteiger charge is 2.43. The quantitative estimate of drug-likeness (QED) is 0.866. The smallest absolute Gasteiger partial charge is 0.331 e. The Morgan fingerprint density at radius 2 is 1.79 bits per heavy atom. The van der Waals surface area contributed by atoms with Crippen LogP contribution in [0.4, 0.5) is 0 Å². The van der Waals surface area contributed by atoms with Gasteiger partial charge in [0.2, 0.25) is 0 Å². The molecular weight excluding hydrogens is 266 g/mol. The number of benzene rings is 1. The Balaban J connectivity index is 2.16. The van der Waals surface area contributed by atoms with E-state index in [-0.39, 0.29) is 11.9 Å².